The highest BCUT2D eigenvalue weighted by Gasteiger charge is 2.24. The highest BCUT2D eigenvalue weighted by atomic mass is 14.9. The Labute approximate surface area is 857 Å². The third kappa shape index (κ3) is 17.4. The number of benzene rings is 16. The maximum atomic E-state index is 5.30. The van der Waals surface area contributed by atoms with Gasteiger partial charge in [-0.05, 0) is 214 Å². The van der Waals surface area contributed by atoms with Gasteiger partial charge in [0.05, 0.1) is 67.3 Å². The second kappa shape index (κ2) is 38.9. The normalized spacial score (nSPS) is 11.4. The third-order valence-corrected chi connectivity index (χ3v) is 27.9. The van der Waals surface area contributed by atoms with Crippen molar-refractivity contribution in [2.24, 2.45) is 0 Å². The van der Waals surface area contributed by atoms with Crippen LogP contribution in [0.25, 0.3) is 277 Å². The molecule has 28 rings (SSSR count). The molecule has 0 fully saturated rings. The van der Waals surface area contributed by atoms with Gasteiger partial charge < -0.3 is 0 Å². The highest BCUT2D eigenvalue weighted by molar-refractivity contribution is 6.14. The average Bonchev–Trinajstić information content (AvgIpc) is 0.754. The molecule has 0 radical (unpaired) electrons. The minimum atomic E-state index is 0.653. The Kier molecular flexibility index (Phi) is 23.2. The standard InChI is InChI=1S/C47H29N5.C44H29N5.C43H27N5/c1-2-13-35-30(9-1)10-5-16-36(35)31-18-20-32(21-19-31)47-51-43(40-23-22-37(34-12-6-24-48-29-34)38-14-3-4-15-39(38)40)28-44(52-47)42-27-33-11-7-25-49-45(33)46-41(42)17-8-26-50-46;1-28-23-33(36-10-4-20-45-27-36)18-19-37(28)40-26-41(39-25-35-9-5-21-46-42(35)43-38(39)11-6-22-47-43)49-44(48-40)31-15-12-30(13-16-31)34-17-14-29-7-2-3-8-32(29)24-34;1-2-11-35-29(7-1)8-3-12-36(35)30-16-20-32(21-17-30)43-47-39(31-18-14-28(15-19-31)34-10-4-22-44-27-34)26-40(48-43)38-25-33-9-5-23-45-41(33)42-37(38)13-6-24-46-42/h1-29H;2-27H,1H3;1-27H. The number of pyridine rings is 9. The first kappa shape index (κ1) is 88.9. The van der Waals surface area contributed by atoms with Crippen molar-refractivity contribution in [2.75, 3.05) is 0 Å². The first-order valence-corrected chi connectivity index (χ1v) is 49.5. The summed E-state index contributed by atoms with van der Waals surface area (Å²) in [6.45, 7) is 2.13. The van der Waals surface area contributed by atoms with E-state index in [-0.39, 0.29) is 0 Å². The zero-order chi connectivity index (χ0) is 99.0. The lowest BCUT2D eigenvalue weighted by Gasteiger charge is -2.15. The molecule has 0 aliphatic rings. The Morgan fingerprint density at radius 1 is 0.141 bits per heavy atom. The van der Waals surface area contributed by atoms with E-state index in [1.165, 1.54) is 49.0 Å². The molecule has 0 aliphatic carbocycles. The maximum Gasteiger partial charge on any atom is 0.160 e. The molecule has 28 aromatic rings. The summed E-state index contributed by atoms with van der Waals surface area (Å²) in [5, 5.41) is 15.6. The van der Waals surface area contributed by atoms with Crippen molar-refractivity contribution in [1.82, 2.24) is 74.8 Å². The summed E-state index contributed by atoms with van der Waals surface area (Å²) >= 11 is 0. The lowest BCUT2D eigenvalue weighted by Crippen LogP contribution is -1.98. The molecular formula is C134H85N15. The van der Waals surface area contributed by atoms with Gasteiger partial charge in [0, 0.05) is 162 Å². The number of hydrogen-bond acceptors (Lipinski definition) is 15. The fourth-order valence-electron chi connectivity index (χ4n) is 20.6. The largest absolute Gasteiger partial charge is 0.264 e. The fourth-order valence-corrected chi connectivity index (χ4v) is 20.6. The Morgan fingerprint density at radius 2 is 0.436 bits per heavy atom. The van der Waals surface area contributed by atoms with Crippen LogP contribution in [0.5, 0.6) is 0 Å². The number of aryl methyl sites for hydroxylation is 1. The average molecular weight is 1910 g/mol. The van der Waals surface area contributed by atoms with Crippen molar-refractivity contribution in [3.63, 3.8) is 0 Å². The van der Waals surface area contributed by atoms with E-state index in [1.54, 1.807) is 18.6 Å². The number of hydrogen-bond donors (Lipinski definition) is 0. The van der Waals surface area contributed by atoms with Crippen molar-refractivity contribution >= 4 is 109 Å². The Balaban J connectivity index is 0.000000113. The SMILES string of the molecule is Cc1cc(-c2cccnc2)ccc1-c1cc(-c2cc3cccnc3c3ncccc23)nc(-c2ccc(-c3ccc4ccccc4c3)cc2)n1.c1cncc(-c2ccc(-c3cc(-c4cc5cccnc5c5ncccc45)nc(-c4ccc(-c5cccc6ccccc56)cc4)n3)c3ccccc23)c1.c1cncc(-c2ccc(-c3cc(-c4cc5cccnc5c5ncccc45)nc(-c4ccc(-c5cccc6ccccc56)cc4)n3)cc2)c1. The van der Waals surface area contributed by atoms with Crippen molar-refractivity contribution in [3.8, 4) is 168 Å². The van der Waals surface area contributed by atoms with E-state index in [0.717, 1.165) is 216 Å². The van der Waals surface area contributed by atoms with E-state index in [4.69, 9.17) is 49.8 Å². The van der Waals surface area contributed by atoms with Crippen LogP contribution < -0.4 is 0 Å². The van der Waals surface area contributed by atoms with Gasteiger partial charge in [-0.1, -0.05) is 328 Å². The lowest BCUT2D eigenvalue weighted by molar-refractivity contribution is 1.18. The van der Waals surface area contributed by atoms with E-state index in [2.05, 4.69) is 402 Å². The summed E-state index contributed by atoms with van der Waals surface area (Å²) in [7, 11) is 0. The molecule has 12 heterocycles. The maximum absolute atomic E-state index is 5.30. The van der Waals surface area contributed by atoms with Crippen LogP contribution in [0.4, 0.5) is 0 Å². The van der Waals surface area contributed by atoms with Crippen molar-refractivity contribution < 1.29 is 0 Å². The molecule has 16 aromatic carbocycles. The van der Waals surface area contributed by atoms with Crippen LogP contribution in [-0.4, -0.2) is 74.8 Å². The predicted molar refractivity (Wildman–Crippen MR) is 608 cm³/mol. The summed E-state index contributed by atoms with van der Waals surface area (Å²) in [5.74, 6) is 1.98. The van der Waals surface area contributed by atoms with Crippen LogP contribution in [0.15, 0.2) is 499 Å². The molecule has 15 nitrogen and oxygen atoms in total. The van der Waals surface area contributed by atoms with Crippen LogP contribution in [0.3, 0.4) is 0 Å². The van der Waals surface area contributed by atoms with E-state index in [1.807, 2.05) is 110 Å². The Hall–Kier alpha value is -20.3. The second-order valence-electron chi connectivity index (χ2n) is 37.0. The van der Waals surface area contributed by atoms with E-state index >= 15 is 0 Å². The fraction of sp³-hybridized carbons (Fsp3) is 0.00746. The molecular weight excluding hydrogens is 1820 g/mol. The van der Waals surface area contributed by atoms with Crippen LogP contribution in [0.2, 0.25) is 0 Å². The van der Waals surface area contributed by atoms with Crippen molar-refractivity contribution in [2.45, 2.75) is 6.92 Å². The summed E-state index contributed by atoms with van der Waals surface area (Å²) < 4.78 is 0. The second-order valence-corrected chi connectivity index (χ2v) is 37.0. The minimum absolute atomic E-state index is 0.653. The highest BCUT2D eigenvalue weighted by Crippen LogP contribution is 2.45. The number of rotatable bonds is 15. The Bertz CT molecular complexity index is 10000. The van der Waals surface area contributed by atoms with Crippen LogP contribution in [0.1, 0.15) is 5.56 Å². The van der Waals surface area contributed by atoms with Gasteiger partial charge in [-0.3, -0.25) is 44.9 Å². The topological polar surface area (TPSA) is 193 Å². The number of fused-ring (bicyclic) bond motifs is 13. The monoisotopic (exact) mass is 1900 g/mol. The first-order chi connectivity index (χ1) is 73.7. The molecule has 0 bridgehead atoms. The van der Waals surface area contributed by atoms with Crippen molar-refractivity contribution in [3.05, 3.63) is 505 Å². The lowest BCUT2D eigenvalue weighted by atomic mass is 9.93. The zero-order valence-electron chi connectivity index (χ0n) is 80.6. The Morgan fingerprint density at radius 3 is 0.893 bits per heavy atom. The predicted octanol–water partition coefficient (Wildman–Crippen LogP) is 32.8. The van der Waals surface area contributed by atoms with Gasteiger partial charge in [0.2, 0.25) is 0 Å². The molecule has 0 saturated carbocycles. The molecule has 0 N–H and O–H groups in total. The molecule has 0 unspecified atom stereocenters. The zero-order valence-corrected chi connectivity index (χ0v) is 80.6. The van der Waals surface area contributed by atoms with E-state index < -0.39 is 0 Å². The van der Waals surface area contributed by atoms with Crippen LogP contribution in [-0.2, 0) is 0 Å². The summed E-state index contributed by atoms with van der Waals surface area (Å²) in [5.41, 5.74) is 33.8. The smallest absolute Gasteiger partial charge is 0.160 e. The van der Waals surface area contributed by atoms with Gasteiger partial charge in [-0.25, -0.2) is 29.9 Å². The molecule has 0 amide bonds. The van der Waals surface area contributed by atoms with Crippen molar-refractivity contribution in [1.29, 1.82) is 0 Å². The molecule has 15 heteroatoms. The van der Waals surface area contributed by atoms with Gasteiger partial charge >= 0.3 is 0 Å². The van der Waals surface area contributed by atoms with Gasteiger partial charge in [-0.15, -0.1) is 0 Å². The van der Waals surface area contributed by atoms with E-state index in [9.17, 15) is 0 Å². The number of nitrogens with zero attached hydrogens (tertiary/aromatic N) is 15. The molecule has 0 atom stereocenters. The van der Waals surface area contributed by atoms with Gasteiger partial charge in [0.15, 0.2) is 17.5 Å². The minimum Gasteiger partial charge on any atom is -0.264 e. The van der Waals surface area contributed by atoms with Gasteiger partial charge in [0.25, 0.3) is 0 Å². The molecule has 0 spiro atoms. The van der Waals surface area contributed by atoms with Crippen LogP contribution >= 0.6 is 0 Å². The summed E-state index contributed by atoms with van der Waals surface area (Å²) in [4.78, 5) is 72.7. The summed E-state index contributed by atoms with van der Waals surface area (Å²) in [6.07, 6.45) is 22.0. The summed E-state index contributed by atoms with van der Waals surface area (Å²) in [6, 6.07) is 148. The third-order valence-electron chi connectivity index (χ3n) is 27.9. The quantitative estimate of drug-likeness (QED) is 0.0879. The molecule has 12 aromatic heterocycles. The number of aromatic nitrogens is 15. The molecule has 149 heavy (non-hydrogen) atoms. The molecule has 696 valence electrons. The van der Waals surface area contributed by atoms with Gasteiger partial charge in [-0.2, -0.15) is 0 Å². The molecule has 0 saturated heterocycles. The van der Waals surface area contributed by atoms with Crippen LogP contribution in [0, 0.1) is 6.92 Å². The van der Waals surface area contributed by atoms with Gasteiger partial charge in [0.1, 0.15) is 0 Å². The molecule has 0 aliphatic heterocycles. The first-order valence-electron chi connectivity index (χ1n) is 49.5. The van der Waals surface area contributed by atoms with E-state index in [0.29, 0.717) is 17.5 Å².